The lowest BCUT2D eigenvalue weighted by Gasteiger charge is -2.34. The van der Waals surface area contributed by atoms with Crippen LogP contribution in [-0.4, -0.2) is 24.4 Å². The summed E-state index contributed by atoms with van der Waals surface area (Å²) < 4.78 is 11.1. The number of hydrogen-bond donors (Lipinski definition) is 2. The highest BCUT2D eigenvalue weighted by molar-refractivity contribution is 6.07. The Morgan fingerprint density at radius 2 is 1.45 bits per heavy atom. The summed E-state index contributed by atoms with van der Waals surface area (Å²) in [7, 11) is 3.25. The number of aromatic hydroxyl groups is 1. The molecule has 4 heteroatoms. The predicted octanol–water partition coefficient (Wildman–Crippen LogP) is 7.83. The Morgan fingerprint density at radius 1 is 0.737 bits per heavy atom. The number of aliphatic hydroxyl groups is 1. The van der Waals surface area contributed by atoms with Crippen LogP contribution >= 0.6 is 0 Å². The minimum atomic E-state index is -0.151. The highest BCUT2D eigenvalue weighted by atomic mass is 16.5. The van der Waals surface area contributed by atoms with Crippen molar-refractivity contribution in [3.8, 4) is 39.5 Å². The van der Waals surface area contributed by atoms with Crippen molar-refractivity contribution in [2.24, 2.45) is 10.8 Å². The molecule has 0 bridgehead atoms. The van der Waals surface area contributed by atoms with Gasteiger partial charge in [-0.1, -0.05) is 52.0 Å². The van der Waals surface area contributed by atoms with Crippen molar-refractivity contribution in [2.75, 3.05) is 14.2 Å². The van der Waals surface area contributed by atoms with Crippen molar-refractivity contribution in [1.82, 2.24) is 0 Å². The molecule has 0 radical (unpaired) electrons. The van der Waals surface area contributed by atoms with Crippen LogP contribution in [0.2, 0.25) is 0 Å². The molecule has 0 aliphatic heterocycles. The van der Waals surface area contributed by atoms with Crippen molar-refractivity contribution >= 4 is 10.8 Å². The lowest BCUT2D eigenvalue weighted by molar-refractivity contribution is 0.157. The van der Waals surface area contributed by atoms with E-state index in [4.69, 9.17) is 9.47 Å². The molecule has 0 heterocycles. The Bertz CT molecular complexity index is 1580. The van der Waals surface area contributed by atoms with Gasteiger partial charge in [0.05, 0.1) is 20.8 Å². The van der Waals surface area contributed by atoms with Gasteiger partial charge in [0.25, 0.3) is 0 Å². The third kappa shape index (κ3) is 3.26. The fourth-order valence-corrected chi connectivity index (χ4v) is 7.26. The second kappa shape index (κ2) is 8.25. The van der Waals surface area contributed by atoms with E-state index in [0.29, 0.717) is 11.5 Å². The van der Waals surface area contributed by atoms with E-state index in [1.165, 1.54) is 22.3 Å². The first kappa shape index (κ1) is 24.8. The number of fused-ring (bicyclic) bond motifs is 7. The number of ether oxygens (including phenoxy) is 2. The first-order chi connectivity index (χ1) is 18.1. The van der Waals surface area contributed by atoms with Gasteiger partial charge in [-0.3, -0.25) is 0 Å². The van der Waals surface area contributed by atoms with Crippen molar-refractivity contribution in [3.63, 3.8) is 0 Å². The van der Waals surface area contributed by atoms with Crippen LogP contribution in [0.3, 0.4) is 0 Å². The summed E-state index contributed by atoms with van der Waals surface area (Å²) in [4.78, 5) is 0. The van der Waals surface area contributed by atoms with Crippen LogP contribution in [0.4, 0.5) is 0 Å². The largest absolute Gasteiger partial charge is 0.507 e. The summed E-state index contributed by atoms with van der Waals surface area (Å²) >= 11 is 0. The van der Waals surface area contributed by atoms with E-state index in [1.807, 2.05) is 30.3 Å². The third-order valence-corrected chi connectivity index (χ3v) is 9.76. The van der Waals surface area contributed by atoms with E-state index in [9.17, 15) is 10.2 Å². The van der Waals surface area contributed by atoms with Crippen LogP contribution in [-0.2, 0) is 12.0 Å². The molecule has 1 saturated carbocycles. The van der Waals surface area contributed by atoms with Gasteiger partial charge < -0.3 is 19.7 Å². The molecule has 38 heavy (non-hydrogen) atoms. The molecule has 0 atom stereocenters. The van der Waals surface area contributed by atoms with Gasteiger partial charge in [0.1, 0.15) is 17.2 Å². The second-order valence-electron chi connectivity index (χ2n) is 12.3. The molecular weight excluding hydrogens is 472 g/mol. The highest BCUT2D eigenvalue weighted by Crippen LogP contribution is 2.68. The standard InChI is InChI=1S/C34H36O4/c1-32(2)18-34(19-33(32,3)4)27-10-8-7-9-23(27)31-26-13-20(17-35)24(15-25(26)29(36)16-28(31)34)22-12-11-21(37-5)14-30(22)38-6/h7-16,35-36H,17-19H2,1-6H3. The van der Waals surface area contributed by atoms with Gasteiger partial charge in [-0.2, -0.15) is 0 Å². The number of methoxy groups -OCH3 is 2. The minimum absolute atomic E-state index is 0.127. The summed E-state index contributed by atoms with van der Waals surface area (Å²) in [6.45, 7) is 9.38. The first-order valence-electron chi connectivity index (χ1n) is 13.3. The molecule has 0 aromatic heterocycles. The number of benzene rings is 4. The molecule has 6 rings (SSSR count). The van der Waals surface area contributed by atoms with E-state index in [-0.39, 0.29) is 28.6 Å². The Morgan fingerprint density at radius 3 is 2.11 bits per heavy atom. The Hall–Kier alpha value is -3.50. The molecule has 0 unspecified atom stereocenters. The van der Waals surface area contributed by atoms with Crippen molar-refractivity contribution in [3.05, 3.63) is 77.4 Å². The van der Waals surface area contributed by atoms with Crippen LogP contribution in [0.5, 0.6) is 17.2 Å². The second-order valence-corrected chi connectivity index (χ2v) is 12.3. The van der Waals surface area contributed by atoms with Gasteiger partial charge in [-0.05, 0) is 92.8 Å². The minimum Gasteiger partial charge on any atom is -0.507 e. The Labute approximate surface area is 224 Å². The molecule has 1 spiro atoms. The molecule has 2 aliphatic rings. The van der Waals surface area contributed by atoms with Crippen LogP contribution < -0.4 is 9.47 Å². The van der Waals surface area contributed by atoms with E-state index in [1.54, 1.807) is 14.2 Å². The summed E-state index contributed by atoms with van der Waals surface area (Å²) in [5.74, 6) is 1.62. The average molecular weight is 509 g/mol. The zero-order valence-electron chi connectivity index (χ0n) is 23.1. The van der Waals surface area contributed by atoms with Crippen molar-refractivity contribution in [1.29, 1.82) is 0 Å². The third-order valence-electron chi connectivity index (χ3n) is 9.76. The fraction of sp³-hybridized carbons (Fsp3) is 0.353. The molecule has 2 aliphatic carbocycles. The van der Waals surface area contributed by atoms with Gasteiger partial charge >= 0.3 is 0 Å². The van der Waals surface area contributed by atoms with Crippen LogP contribution in [0.1, 0.15) is 57.2 Å². The molecular formula is C34H36O4. The Balaban J connectivity index is 1.66. The van der Waals surface area contributed by atoms with Gasteiger partial charge in [0, 0.05) is 22.4 Å². The maximum absolute atomic E-state index is 11.5. The molecule has 0 saturated heterocycles. The van der Waals surface area contributed by atoms with Crippen LogP contribution in [0.15, 0.2) is 60.7 Å². The van der Waals surface area contributed by atoms with Gasteiger partial charge in [0.15, 0.2) is 0 Å². The smallest absolute Gasteiger partial charge is 0.130 e. The number of hydrogen-bond acceptors (Lipinski definition) is 4. The first-order valence-corrected chi connectivity index (χ1v) is 13.3. The molecule has 196 valence electrons. The number of aliphatic hydroxyl groups excluding tert-OH is 1. The number of phenolic OH excluding ortho intramolecular Hbond substituents is 1. The van der Waals surface area contributed by atoms with Crippen molar-refractivity contribution in [2.45, 2.75) is 52.6 Å². The lowest BCUT2D eigenvalue weighted by atomic mass is 9.71. The fourth-order valence-electron chi connectivity index (χ4n) is 7.26. The van der Waals surface area contributed by atoms with Gasteiger partial charge in [-0.25, -0.2) is 0 Å². The van der Waals surface area contributed by atoms with Gasteiger partial charge in [-0.15, -0.1) is 0 Å². The van der Waals surface area contributed by atoms with E-state index < -0.39 is 0 Å². The average Bonchev–Trinajstić information content (AvgIpc) is 3.27. The quantitative estimate of drug-likeness (QED) is 0.295. The summed E-state index contributed by atoms with van der Waals surface area (Å²) in [6.07, 6.45) is 2.05. The molecule has 2 N–H and O–H groups in total. The maximum Gasteiger partial charge on any atom is 0.130 e. The molecule has 4 nitrogen and oxygen atoms in total. The molecule has 4 aromatic carbocycles. The van der Waals surface area contributed by atoms with E-state index in [2.05, 4.69) is 58.0 Å². The Kier molecular flexibility index (Phi) is 5.39. The zero-order valence-corrected chi connectivity index (χ0v) is 23.1. The number of rotatable bonds is 4. The molecule has 1 fully saturated rings. The predicted molar refractivity (Wildman–Crippen MR) is 153 cm³/mol. The normalized spacial score (nSPS) is 18.0. The summed E-state index contributed by atoms with van der Waals surface area (Å²) in [5, 5.41) is 23.8. The monoisotopic (exact) mass is 508 g/mol. The summed E-state index contributed by atoms with van der Waals surface area (Å²) in [6, 6.07) is 20.5. The highest BCUT2D eigenvalue weighted by Gasteiger charge is 2.58. The number of phenols is 1. The van der Waals surface area contributed by atoms with Crippen molar-refractivity contribution < 1.29 is 19.7 Å². The lowest BCUT2D eigenvalue weighted by Crippen LogP contribution is -2.25. The molecule has 0 amide bonds. The van der Waals surface area contributed by atoms with E-state index >= 15 is 0 Å². The van der Waals surface area contributed by atoms with Crippen LogP contribution in [0.25, 0.3) is 33.0 Å². The topological polar surface area (TPSA) is 58.9 Å². The SMILES string of the molecule is COc1ccc(-c2cc3c(O)cc4c(c3cc2CO)-c2ccccc2C42CC(C)(C)C(C)(C)C2)c(OC)c1. The van der Waals surface area contributed by atoms with E-state index in [0.717, 1.165) is 40.3 Å². The summed E-state index contributed by atoms with van der Waals surface area (Å²) in [5.41, 5.74) is 7.57. The zero-order chi connectivity index (χ0) is 27.0. The molecule has 4 aromatic rings. The van der Waals surface area contributed by atoms with Gasteiger partial charge in [0.2, 0.25) is 0 Å². The maximum atomic E-state index is 11.5. The van der Waals surface area contributed by atoms with Crippen LogP contribution in [0, 0.1) is 10.8 Å².